The average Bonchev–Trinajstić information content (AvgIpc) is 3.41. The van der Waals surface area contributed by atoms with Crippen LogP contribution >= 0.6 is 0 Å². The first-order chi connectivity index (χ1) is 36.8. The van der Waals surface area contributed by atoms with Gasteiger partial charge in [0.15, 0.2) is 18.9 Å². The normalized spacial score (nSPS) is 31.0. The van der Waals surface area contributed by atoms with Crippen LogP contribution in [0.5, 0.6) is 0 Å². The molecule has 3 aliphatic rings. The fourth-order valence-electron chi connectivity index (χ4n) is 10.4. The van der Waals surface area contributed by atoms with Crippen molar-refractivity contribution in [3.05, 3.63) is 12.2 Å². The average molecular weight is 1090 g/mol. The molecule has 0 spiro atoms. The standard InChI is InChI=1S/C57H107NO18/c1-3-5-7-9-11-13-15-17-19-20-21-22-24-26-28-30-32-34-41(62)40(58-45(63)35-33-31-29-27-25-23-18-16-14-12-10-8-6-4-2)39-71-55-51(69)48(66)53(43(37-60)73-55)76-57-52(70)49(67)54(44(38-61)74-57)75-56-50(68)47(65)46(64)42(36-59)72-56/h32,34,40-44,46-57,59-62,64-70H,3-31,33,35-39H2,1-2H3,(H,58,63)/b34-32+. The first-order valence-corrected chi connectivity index (χ1v) is 29.9. The van der Waals surface area contributed by atoms with Gasteiger partial charge in [-0.3, -0.25) is 4.79 Å². The lowest BCUT2D eigenvalue weighted by atomic mass is 9.96. The van der Waals surface area contributed by atoms with Crippen molar-refractivity contribution in [1.82, 2.24) is 5.32 Å². The summed E-state index contributed by atoms with van der Waals surface area (Å²) >= 11 is 0. The largest absolute Gasteiger partial charge is 0.394 e. The van der Waals surface area contributed by atoms with Crippen LogP contribution in [0.2, 0.25) is 0 Å². The van der Waals surface area contributed by atoms with Crippen LogP contribution in [0.25, 0.3) is 0 Å². The lowest BCUT2D eigenvalue weighted by Crippen LogP contribution is -2.66. The Balaban J connectivity index is 1.51. The second-order valence-electron chi connectivity index (χ2n) is 21.8. The van der Waals surface area contributed by atoms with Crippen molar-refractivity contribution in [1.29, 1.82) is 0 Å². The Labute approximate surface area is 455 Å². The molecule has 3 aliphatic heterocycles. The van der Waals surface area contributed by atoms with Crippen LogP contribution in [0.15, 0.2) is 12.2 Å². The maximum Gasteiger partial charge on any atom is 0.220 e. The Morgan fingerprint density at radius 3 is 1.24 bits per heavy atom. The molecule has 3 fully saturated rings. The number of nitrogens with one attached hydrogen (secondary N) is 1. The van der Waals surface area contributed by atoms with E-state index >= 15 is 0 Å². The number of allylic oxidation sites excluding steroid dienone is 1. The van der Waals surface area contributed by atoms with Gasteiger partial charge in [-0.25, -0.2) is 0 Å². The lowest BCUT2D eigenvalue weighted by Gasteiger charge is -2.48. The van der Waals surface area contributed by atoms with E-state index in [1.807, 2.05) is 6.08 Å². The molecule has 0 radical (unpaired) electrons. The number of carbonyl (C=O) groups excluding carboxylic acids is 1. The number of hydrogen-bond donors (Lipinski definition) is 12. The molecule has 0 bridgehead atoms. The van der Waals surface area contributed by atoms with Gasteiger partial charge in [0.05, 0.1) is 38.6 Å². The summed E-state index contributed by atoms with van der Waals surface area (Å²) in [5, 5.41) is 120. The molecule has 1 amide bonds. The van der Waals surface area contributed by atoms with Gasteiger partial charge in [0.25, 0.3) is 0 Å². The quantitative estimate of drug-likeness (QED) is 0.0283. The van der Waals surface area contributed by atoms with Gasteiger partial charge in [-0.1, -0.05) is 199 Å². The zero-order chi connectivity index (χ0) is 55.5. The summed E-state index contributed by atoms with van der Waals surface area (Å²) in [6.07, 6.45) is 13.3. The van der Waals surface area contributed by atoms with Crippen LogP contribution in [0.1, 0.15) is 213 Å². The van der Waals surface area contributed by atoms with Gasteiger partial charge in [0, 0.05) is 6.42 Å². The molecule has 0 aromatic heterocycles. The molecule has 19 nitrogen and oxygen atoms in total. The van der Waals surface area contributed by atoms with Gasteiger partial charge < -0.3 is 89.9 Å². The molecule has 3 heterocycles. The number of hydrogen-bond acceptors (Lipinski definition) is 18. The highest BCUT2D eigenvalue weighted by Gasteiger charge is 2.53. The molecule has 3 rings (SSSR count). The topological polar surface area (TPSA) is 307 Å². The van der Waals surface area contributed by atoms with Crippen molar-refractivity contribution in [2.24, 2.45) is 0 Å². The molecule has 0 aromatic carbocycles. The predicted molar refractivity (Wildman–Crippen MR) is 287 cm³/mol. The lowest BCUT2D eigenvalue weighted by molar-refractivity contribution is -0.379. The van der Waals surface area contributed by atoms with E-state index in [4.69, 9.17) is 28.4 Å². The zero-order valence-electron chi connectivity index (χ0n) is 46.5. The van der Waals surface area contributed by atoms with Crippen LogP contribution < -0.4 is 5.32 Å². The van der Waals surface area contributed by atoms with Crippen LogP contribution in [0.3, 0.4) is 0 Å². The second kappa shape index (κ2) is 41.5. The minimum Gasteiger partial charge on any atom is -0.394 e. The van der Waals surface area contributed by atoms with Crippen molar-refractivity contribution < 1.29 is 89.4 Å². The minimum absolute atomic E-state index is 0.249. The van der Waals surface area contributed by atoms with E-state index in [0.29, 0.717) is 6.42 Å². The predicted octanol–water partition coefficient (Wildman–Crippen LogP) is 4.99. The van der Waals surface area contributed by atoms with E-state index in [0.717, 1.165) is 44.9 Å². The Bertz CT molecular complexity index is 1450. The van der Waals surface area contributed by atoms with E-state index in [2.05, 4.69) is 19.2 Å². The van der Waals surface area contributed by atoms with Gasteiger partial charge in [-0.2, -0.15) is 0 Å². The first kappa shape index (κ1) is 68.8. The van der Waals surface area contributed by atoms with Crippen LogP contribution in [-0.4, -0.2) is 193 Å². The van der Waals surface area contributed by atoms with Crippen molar-refractivity contribution in [2.45, 2.75) is 317 Å². The number of unbranched alkanes of at least 4 members (excludes halogenated alkanes) is 28. The number of aliphatic hydroxyl groups is 11. The summed E-state index contributed by atoms with van der Waals surface area (Å²) in [6, 6.07) is -0.966. The molecule has 0 aromatic rings. The number of rotatable bonds is 44. The monoisotopic (exact) mass is 1090 g/mol. The maximum atomic E-state index is 13.3. The fourth-order valence-corrected chi connectivity index (χ4v) is 10.4. The Morgan fingerprint density at radius 2 is 0.816 bits per heavy atom. The van der Waals surface area contributed by atoms with E-state index in [1.54, 1.807) is 6.08 Å². The third-order valence-electron chi connectivity index (χ3n) is 15.3. The van der Waals surface area contributed by atoms with Gasteiger partial charge in [0.2, 0.25) is 5.91 Å². The van der Waals surface area contributed by atoms with E-state index in [9.17, 15) is 61.0 Å². The summed E-state index contributed by atoms with van der Waals surface area (Å²) in [5.74, 6) is -0.274. The summed E-state index contributed by atoms with van der Waals surface area (Å²) in [7, 11) is 0. The third-order valence-corrected chi connectivity index (χ3v) is 15.3. The Morgan fingerprint density at radius 1 is 0.461 bits per heavy atom. The highest BCUT2D eigenvalue weighted by Crippen LogP contribution is 2.33. The molecule has 17 unspecified atom stereocenters. The van der Waals surface area contributed by atoms with Gasteiger partial charge in [-0.05, 0) is 19.3 Å². The van der Waals surface area contributed by atoms with Gasteiger partial charge >= 0.3 is 0 Å². The van der Waals surface area contributed by atoms with Gasteiger partial charge in [0.1, 0.15) is 73.2 Å². The van der Waals surface area contributed by atoms with E-state index < -0.39 is 124 Å². The number of ether oxygens (including phenoxy) is 6. The van der Waals surface area contributed by atoms with Crippen LogP contribution in [-0.2, 0) is 33.2 Å². The SMILES string of the molecule is CCCCCCCCCCCCCCCCC/C=C/C(O)C(COC1OC(CO)C(OC2OC(CO)C(OC3OC(CO)C(O)C(O)C3O)C(O)C2O)C(O)C1O)NC(=O)CCCCCCCCCCCCCCCC. The summed E-state index contributed by atoms with van der Waals surface area (Å²) in [5.41, 5.74) is 0. The Hall–Kier alpha value is -1.47. The van der Waals surface area contributed by atoms with Crippen molar-refractivity contribution in [3.63, 3.8) is 0 Å². The van der Waals surface area contributed by atoms with E-state index in [1.165, 1.54) is 141 Å². The van der Waals surface area contributed by atoms with Crippen molar-refractivity contribution >= 4 is 5.91 Å². The zero-order valence-corrected chi connectivity index (χ0v) is 46.5. The molecular formula is C57H107NO18. The third kappa shape index (κ3) is 25.5. The van der Waals surface area contributed by atoms with Crippen molar-refractivity contribution in [2.75, 3.05) is 26.4 Å². The molecule has 19 heteroatoms. The van der Waals surface area contributed by atoms with Gasteiger partial charge in [-0.15, -0.1) is 0 Å². The van der Waals surface area contributed by atoms with E-state index in [-0.39, 0.29) is 18.9 Å². The second-order valence-corrected chi connectivity index (χ2v) is 21.8. The molecule has 76 heavy (non-hydrogen) atoms. The highest BCUT2D eigenvalue weighted by atomic mass is 16.8. The molecule has 17 atom stereocenters. The molecule has 448 valence electrons. The summed E-state index contributed by atoms with van der Waals surface area (Å²) < 4.78 is 34.2. The highest BCUT2D eigenvalue weighted by molar-refractivity contribution is 5.76. The number of amides is 1. The maximum absolute atomic E-state index is 13.3. The molecule has 12 N–H and O–H groups in total. The molecule has 0 saturated carbocycles. The fraction of sp³-hybridized carbons (Fsp3) is 0.947. The summed E-state index contributed by atoms with van der Waals surface area (Å²) in [6.45, 7) is 1.73. The molecular weight excluding hydrogens is 987 g/mol. The van der Waals surface area contributed by atoms with Crippen LogP contribution in [0.4, 0.5) is 0 Å². The smallest absolute Gasteiger partial charge is 0.220 e. The Kier molecular flexibility index (Phi) is 37.6. The van der Waals surface area contributed by atoms with Crippen LogP contribution in [0, 0.1) is 0 Å². The molecule has 0 aliphatic carbocycles. The summed E-state index contributed by atoms with van der Waals surface area (Å²) in [4.78, 5) is 13.3. The minimum atomic E-state index is -1.97. The molecule has 3 saturated heterocycles. The van der Waals surface area contributed by atoms with Crippen molar-refractivity contribution in [3.8, 4) is 0 Å². The number of aliphatic hydroxyl groups excluding tert-OH is 11. The number of carbonyl (C=O) groups is 1. The first-order valence-electron chi connectivity index (χ1n) is 29.9.